The summed E-state index contributed by atoms with van der Waals surface area (Å²) in [5.41, 5.74) is 0.432. The normalized spacial score (nSPS) is 12.3. The van der Waals surface area contributed by atoms with Gasteiger partial charge in [0, 0.05) is 17.3 Å². The maximum Gasteiger partial charge on any atom is 0.271 e. The van der Waals surface area contributed by atoms with E-state index in [0.717, 1.165) is 17.1 Å². The van der Waals surface area contributed by atoms with Crippen LogP contribution in [-0.4, -0.2) is 20.9 Å². The maximum atomic E-state index is 12.5. The summed E-state index contributed by atoms with van der Waals surface area (Å²) in [7, 11) is 0. The number of H-pyrrole nitrogens is 1. The van der Waals surface area contributed by atoms with Gasteiger partial charge in [-0.15, -0.1) is 11.3 Å². The Morgan fingerprint density at radius 2 is 2.41 bits per heavy atom. The van der Waals surface area contributed by atoms with Gasteiger partial charge in [-0.25, -0.2) is 9.97 Å². The molecule has 7 heteroatoms. The monoisotopic (exact) mass is 316 g/mol. The van der Waals surface area contributed by atoms with Gasteiger partial charge < -0.3 is 14.7 Å². The molecule has 0 saturated carbocycles. The number of rotatable bonds is 5. The zero-order chi connectivity index (χ0) is 15.5. The van der Waals surface area contributed by atoms with E-state index in [-0.39, 0.29) is 11.9 Å². The SMILES string of the molecule is CC[C@H](NC(=O)c1nc(-c2ccco2)sc1C)c1ncc[nH]1. The number of carbonyl (C=O) groups is 1. The average molecular weight is 316 g/mol. The Bertz CT molecular complexity index is 747. The molecule has 0 aliphatic heterocycles. The second kappa shape index (κ2) is 6.15. The molecule has 0 aliphatic carbocycles. The molecule has 0 radical (unpaired) electrons. The van der Waals surface area contributed by atoms with Gasteiger partial charge in [-0.1, -0.05) is 6.92 Å². The zero-order valence-electron chi connectivity index (χ0n) is 12.3. The Balaban J connectivity index is 1.80. The van der Waals surface area contributed by atoms with Crippen molar-refractivity contribution >= 4 is 17.2 Å². The first-order chi connectivity index (χ1) is 10.7. The van der Waals surface area contributed by atoms with E-state index < -0.39 is 0 Å². The Kier molecular flexibility index (Phi) is 4.06. The Hall–Kier alpha value is -2.41. The highest BCUT2D eigenvalue weighted by molar-refractivity contribution is 7.15. The van der Waals surface area contributed by atoms with Gasteiger partial charge in [0.2, 0.25) is 0 Å². The van der Waals surface area contributed by atoms with Crippen LogP contribution in [0.3, 0.4) is 0 Å². The number of furan rings is 1. The Morgan fingerprint density at radius 1 is 1.55 bits per heavy atom. The lowest BCUT2D eigenvalue weighted by Gasteiger charge is -2.13. The third-order valence-electron chi connectivity index (χ3n) is 3.31. The van der Waals surface area contributed by atoms with Crippen LogP contribution in [0.4, 0.5) is 0 Å². The number of aryl methyl sites for hydroxylation is 1. The lowest BCUT2D eigenvalue weighted by Crippen LogP contribution is -2.29. The smallest absolute Gasteiger partial charge is 0.271 e. The van der Waals surface area contributed by atoms with E-state index in [2.05, 4.69) is 20.3 Å². The predicted octanol–water partition coefficient (Wildman–Crippen LogP) is 3.32. The van der Waals surface area contributed by atoms with Crippen LogP contribution in [-0.2, 0) is 0 Å². The van der Waals surface area contributed by atoms with Gasteiger partial charge in [0.05, 0.1) is 12.3 Å². The molecule has 22 heavy (non-hydrogen) atoms. The fourth-order valence-corrected chi connectivity index (χ4v) is 3.05. The van der Waals surface area contributed by atoms with Crippen LogP contribution < -0.4 is 5.32 Å². The van der Waals surface area contributed by atoms with Gasteiger partial charge >= 0.3 is 0 Å². The molecule has 0 aromatic carbocycles. The molecular formula is C15H16N4O2S. The molecule has 3 aromatic rings. The molecule has 0 saturated heterocycles. The highest BCUT2D eigenvalue weighted by Crippen LogP contribution is 2.28. The average Bonchev–Trinajstić information content (AvgIpc) is 3.24. The van der Waals surface area contributed by atoms with Crippen LogP contribution in [0.2, 0.25) is 0 Å². The molecule has 1 atom stereocenters. The largest absolute Gasteiger partial charge is 0.462 e. The van der Waals surface area contributed by atoms with Crippen molar-refractivity contribution < 1.29 is 9.21 Å². The molecule has 3 rings (SSSR count). The summed E-state index contributed by atoms with van der Waals surface area (Å²) in [6.45, 7) is 3.88. The number of aromatic amines is 1. The first-order valence-corrected chi connectivity index (χ1v) is 7.82. The zero-order valence-corrected chi connectivity index (χ0v) is 13.1. The molecule has 0 spiro atoms. The molecule has 0 fully saturated rings. The fraction of sp³-hybridized carbons (Fsp3) is 0.267. The van der Waals surface area contributed by atoms with Crippen molar-refractivity contribution in [1.82, 2.24) is 20.3 Å². The van der Waals surface area contributed by atoms with Crippen molar-refractivity contribution in [1.29, 1.82) is 0 Å². The highest BCUT2D eigenvalue weighted by Gasteiger charge is 2.21. The van der Waals surface area contributed by atoms with Gasteiger partial charge in [-0.3, -0.25) is 4.79 Å². The van der Waals surface area contributed by atoms with E-state index in [9.17, 15) is 4.79 Å². The lowest BCUT2D eigenvalue weighted by molar-refractivity contribution is 0.0929. The molecule has 0 unspecified atom stereocenters. The van der Waals surface area contributed by atoms with Crippen LogP contribution in [0.15, 0.2) is 35.2 Å². The Morgan fingerprint density at radius 3 is 3.05 bits per heavy atom. The van der Waals surface area contributed by atoms with Gasteiger partial charge in [0.25, 0.3) is 5.91 Å². The topological polar surface area (TPSA) is 83.8 Å². The molecule has 6 nitrogen and oxygen atoms in total. The van der Waals surface area contributed by atoms with Gasteiger partial charge in [-0.2, -0.15) is 0 Å². The second-order valence-corrected chi connectivity index (χ2v) is 6.01. The molecular weight excluding hydrogens is 300 g/mol. The summed E-state index contributed by atoms with van der Waals surface area (Å²) in [5, 5.41) is 3.67. The predicted molar refractivity (Wildman–Crippen MR) is 83.6 cm³/mol. The molecule has 3 aromatic heterocycles. The van der Waals surface area contributed by atoms with E-state index in [0.29, 0.717) is 16.5 Å². The van der Waals surface area contributed by atoms with Gasteiger partial charge in [-0.05, 0) is 25.5 Å². The van der Waals surface area contributed by atoms with Crippen molar-refractivity contribution in [2.75, 3.05) is 0 Å². The van der Waals surface area contributed by atoms with Crippen molar-refractivity contribution in [3.63, 3.8) is 0 Å². The summed E-state index contributed by atoms with van der Waals surface area (Å²) in [6, 6.07) is 3.48. The second-order valence-electron chi connectivity index (χ2n) is 4.81. The summed E-state index contributed by atoms with van der Waals surface area (Å²) in [6.07, 6.45) is 5.75. The summed E-state index contributed by atoms with van der Waals surface area (Å²) in [5.74, 6) is 1.22. The van der Waals surface area contributed by atoms with Crippen molar-refractivity contribution in [2.24, 2.45) is 0 Å². The minimum Gasteiger partial charge on any atom is -0.462 e. The van der Waals surface area contributed by atoms with Crippen LogP contribution in [0.1, 0.15) is 40.6 Å². The third kappa shape index (κ3) is 2.80. The summed E-state index contributed by atoms with van der Waals surface area (Å²) < 4.78 is 5.33. The van der Waals surface area contributed by atoms with Crippen LogP contribution >= 0.6 is 11.3 Å². The standard InChI is InChI=1S/C15H16N4O2S/c1-3-10(13-16-6-7-17-13)18-14(20)12-9(2)22-15(19-12)11-5-4-8-21-11/h4-8,10H,3H2,1-2H3,(H,16,17)(H,18,20)/t10-/m0/s1. The number of thiazole rings is 1. The first-order valence-electron chi connectivity index (χ1n) is 7.00. The molecule has 2 N–H and O–H groups in total. The third-order valence-corrected chi connectivity index (χ3v) is 4.29. The minimum absolute atomic E-state index is 0.157. The van der Waals surface area contributed by atoms with Gasteiger partial charge in [0.1, 0.15) is 11.5 Å². The number of aromatic nitrogens is 3. The molecule has 114 valence electrons. The van der Waals surface area contributed by atoms with Crippen LogP contribution in [0.25, 0.3) is 10.8 Å². The van der Waals surface area contributed by atoms with E-state index in [1.165, 1.54) is 11.3 Å². The van der Waals surface area contributed by atoms with Crippen LogP contribution in [0.5, 0.6) is 0 Å². The lowest BCUT2D eigenvalue weighted by atomic mass is 10.2. The number of amides is 1. The van der Waals surface area contributed by atoms with Crippen molar-refractivity contribution in [3.05, 3.63) is 47.2 Å². The quantitative estimate of drug-likeness (QED) is 0.756. The first kappa shape index (κ1) is 14.5. The molecule has 1 amide bonds. The summed E-state index contributed by atoms with van der Waals surface area (Å²) in [4.78, 5) is 25.0. The van der Waals surface area contributed by atoms with Crippen molar-refractivity contribution in [2.45, 2.75) is 26.3 Å². The van der Waals surface area contributed by atoms with Gasteiger partial charge in [0.15, 0.2) is 10.8 Å². The number of carbonyl (C=O) groups excluding carboxylic acids is 1. The minimum atomic E-state index is -0.199. The van der Waals surface area contributed by atoms with E-state index >= 15 is 0 Å². The van der Waals surface area contributed by atoms with Crippen LogP contribution in [0, 0.1) is 6.92 Å². The number of hydrogen-bond acceptors (Lipinski definition) is 5. The number of nitrogens with zero attached hydrogens (tertiary/aromatic N) is 2. The fourth-order valence-electron chi connectivity index (χ4n) is 2.17. The Labute approximate surface area is 131 Å². The van der Waals surface area contributed by atoms with E-state index in [4.69, 9.17) is 4.42 Å². The van der Waals surface area contributed by atoms with E-state index in [1.54, 1.807) is 24.7 Å². The molecule has 0 bridgehead atoms. The van der Waals surface area contributed by atoms with E-state index in [1.807, 2.05) is 19.9 Å². The molecule has 0 aliphatic rings. The number of hydrogen-bond donors (Lipinski definition) is 2. The summed E-state index contributed by atoms with van der Waals surface area (Å²) >= 11 is 1.44. The highest BCUT2D eigenvalue weighted by atomic mass is 32.1. The maximum absolute atomic E-state index is 12.5. The number of imidazole rings is 1. The van der Waals surface area contributed by atoms with Crippen molar-refractivity contribution in [3.8, 4) is 10.8 Å². The number of nitrogens with one attached hydrogen (secondary N) is 2. The molecule has 3 heterocycles.